The van der Waals surface area contributed by atoms with E-state index >= 15 is 0 Å². The number of carbonyl (C=O) groups is 4. The molecule has 1 saturated carbocycles. The minimum absolute atomic E-state index is 0.0201. The fourth-order valence-corrected chi connectivity index (χ4v) is 6.48. The van der Waals surface area contributed by atoms with E-state index in [0.29, 0.717) is 43.3 Å². The Balaban J connectivity index is 0.000000635. The second-order valence-electron chi connectivity index (χ2n) is 15.7. The summed E-state index contributed by atoms with van der Waals surface area (Å²) in [6, 6.07) is 5.51. The first-order chi connectivity index (χ1) is 22.9. The molecule has 49 heavy (non-hydrogen) atoms. The molecular formula is C38H61N3O8. The quantitative estimate of drug-likeness (QED) is 0.229. The summed E-state index contributed by atoms with van der Waals surface area (Å²) in [7, 11) is 1.76. The lowest BCUT2D eigenvalue weighted by Gasteiger charge is -2.40. The normalized spacial score (nSPS) is 20.9. The average Bonchev–Trinajstić information content (AvgIpc) is 3.83. The van der Waals surface area contributed by atoms with Gasteiger partial charge in [-0.3, -0.25) is 14.4 Å². The van der Waals surface area contributed by atoms with Crippen molar-refractivity contribution in [1.29, 1.82) is 0 Å². The minimum Gasteiger partial charge on any atom is -0.476 e. The van der Waals surface area contributed by atoms with Crippen molar-refractivity contribution in [2.45, 2.75) is 112 Å². The number of benzene rings is 1. The van der Waals surface area contributed by atoms with Gasteiger partial charge in [0.25, 0.3) is 5.91 Å². The van der Waals surface area contributed by atoms with Gasteiger partial charge in [0.1, 0.15) is 17.1 Å². The van der Waals surface area contributed by atoms with Gasteiger partial charge in [-0.25, -0.2) is 4.79 Å². The molecule has 1 saturated heterocycles. The van der Waals surface area contributed by atoms with E-state index in [1.807, 2.05) is 19.1 Å². The van der Waals surface area contributed by atoms with E-state index in [4.69, 9.17) is 18.9 Å². The molecule has 0 radical (unpaired) electrons. The molecule has 0 bridgehead atoms. The Morgan fingerprint density at radius 2 is 1.73 bits per heavy atom. The molecule has 2 aliphatic heterocycles. The Hall–Kier alpha value is -3.18. The number of fused-ring (bicyclic) bond motifs is 1. The minimum atomic E-state index is -1.03. The van der Waals surface area contributed by atoms with Crippen LogP contribution in [-0.4, -0.2) is 92.4 Å². The van der Waals surface area contributed by atoms with Crippen molar-refractivity contribution in [2.75, 3.05) is 56.4 Å². The van der Waals surface area contributed by atoms with Crippen LogP contribution in [0, 0.1) is 23.7 Å². The number of piperidine rings is 1. The summed E-state index contributed by atoms with van der Waals surface area (Å²) >= 11 is 0. The first-order valence-electron chi connectivity index (χ1n) is 17.9. The van der Waals surface area contributed by atoms with Gasteiger partial charge < -0.3 is 33.6 Å². The fourth-order valence-electron chi connectivity index (χ4n) is 6.48. The molecule has 3 unspecified atom stereocenters. The first kappa shape index (κ1) is 40.3. The second-order valence-corrected chi connectivity index (χ2v) is 15.7. The molecular weight excluding hydrogens is 626 g/mol. The van der Waals surface area contributed by atoms with Crippen LogP contribution < -0.4 is 14.5 Å². The number of anilines is 2. The number of nitrogens with zero attached hydrogens (tertiary/aromatic N) is 3. The van der Waals surface area contributed by atoms with E-state index in [9.17, 15) is 19.2 Å². The lowest BCUT2D eigenvalue weighted by atomic mass is 9.86. The van der Waals surface area contributed by atoms with Crippen molar-refractivity contribution in [3.63, 3.8) is 0 Å². The van der Waals surface area contributed by atoms with Gasteiger partial charge in [0.05, 0.1) is 18.2 Å². The molecule has 0 N–H and O–H groups in total. The fraction of sp³-hybridized carbons (Fsp3) is 0.737. The zero-order chi connectivity index (χ0) is 36.7. The van der Waals surface area contributed by atoms with E-state index in [1.54, 1.807) is 57.6 Å². The molecule has 3 amide bonds. The maximum Gasteiger partial charge on any atom is 0.410 e. The van der Waals surface area contributed by atoms with Crippen molar-refractivity contribution in [3.8, 4) is 5.75 Å². The zero-order valence-electron chi connectivity index (χ0n) is 31.8. The number of ether oxygens (including phenoxy) is 4. The van der Waals surface area contributed by atoms with Crippen molar-refractivity contribution in [1.82, 2.24) is 4.90 Å². The SMILES string of the molecule is CCOCCN1C(=O)C(C)(C)Oc2ccc(N(C(=O)C3CC(C(C)=O)CN(C(=O)OC(C)(C)C)C3)C3CC3)cc21.COCC(C)CC(C)C. The van der Waals surface area contributed by atoms with E-state index in [1.165, 1.54) is 18.2 Å². The summed E-state index contributed by atoms with van der Waals surface area (Å²) in [5, 5.41) is 0. The Bertz CT molecular complexity index is 1300. The molecule has 3 atom stereocenters. The number of Topliss-reactive ketones (excluding diaryl/α,β-unsaturated/α-hetero) is 1. The van der Waals surface area contributed by atoms with Gasteiger partial charge in [-0.05, 0) is 104 Å². The van der Waals surface area contributed by atoms with Crippen LogP contribution in [0.25, 0.3) is 0 Å². The van der Waals surface area contributed by atoms with Crippen molar-refractivity contribution < 1.29 is 38.1 Å². The number of rotatable bonds is 12. The number of carbonyl (C=O) groups excluding carboxylic acids is 4. The molecule has 4 rings (SSSR count). The predicted molar refractivity (Wildman–Crippen MR) is 191 cm³/mol. The molecule has 1 aliphatic carbocycles. The highest BCUT2D eigenvalue weighted by molar-refractivity contribution is 6.04. The van der Waals surface area contributed by atoms with Gasteiger partial charge in [0.15, 0.2) is 5.60 Å². The van der Waals surface area contributed by atoms with E-state index in [-0.39, 0.29) is 36.7 Å². The Morgan fingerprint density at radius 3 is 2.29 bits per heavy atom. The molecule has 2 fully saturated rings. The molecule has 1 aromatic rings. The number of hydrogen-bond acceptors (Lipinski definition) is 8. The van der Waals surface area contributed by atoms with E-state index < -0.39 is 29.1 Å². The van der Waals surface area contributed by atoms with Crippen LogP contribution in [0.4, 0.5) is 16.2 Å². The lowest BCUT2D eigenvalue weighted by molar-refractivity contribution is -0.133. The largest absolute Gasteiger partial charge is 0.476 e. The Kier molecular flexibility index (Phi) is 14.1. The van der Waals surface area contributed by atoms with Gasteiger partial charge in [-0.1, -0.05) is 20.8 Å². The monoisotopic (exact) mass is 687 g/mol. The van der Waals surface area contributed by atoms with Crippen LogP contribution in [0.2, 0.25) is 0 Å². The standard InChI is InChI=1S/C30H43N3O7.C8H18O/c1-8-38-14-13-32-24-16-23(11-12-25(24)39-30(6,7)27(32)36)33(22-9-10-22)26(35)21-15-20(19(2)34)17-31(18-21)28(37)40-29(3,4)5;1-7(2)5-8(3)6-9-4/h11-12,16,20-22H,8-10,13-15,17-18H2,1-7H3;7-8H,5-6H2,1-4H3. The number of amides is 3. The number of hydrogen-bond donors (Lipinski definition) is 0. The van der Waals surface area contributed by atoms with Crippen LogP contribution in [0.15, 0.2) is 18.2 Å². The second kappa shape index (κ2) is 17.2. The molecule has 11 heteroatoms. The summed E-state index contributed by atoms with van der Waals surface area (Å²) in [6.07, 6.45) is 2.84. The van der Waals surface area contributed by atoms with E-state index in [0.717, 1.165) is 31.3 Å². The maximum atomic E-state index is 14.1. The Morgan fingerprint density at radius 1 is 1.08 bits per heavy atom. The number of methoxy groups -OCH3 is 1. The van der Waals surface area contributed by atoms with Crippen LogP contribution >= 0.6 is 0 Å². The summed E-state index contributed by atoms with van der Waals surface area (Å²) in [5.74, 6) is 0.723. The molecule has 3 aliphatic rings. The van der Waals surface area contributed by atoms with Crippen molar-refractivity contribution in [2.24, 2.45) is 23.7 Å². The third kappa shape index (κ3) is 11.4. The molecule has 0 aromatic heterocycles. The van der Waals surface area contributed by atoms with Gasteiger partial charge >= 0.3 is 6.09 Å². The lowest BCUT2D eigenvalue weighted by Crippen LogP contribution is -2.53. The number of likely N-dealkylation sites (tertiary alicyclic amines) is 1. The zero-order valence-corrected chi connectivity index (χ0v) is 31.8. The summed E-state index contributed by atoms with van der Waals surface area (Å²) in [5.41, 5.74) is -0.453. The van der Waals surface area contributed by atoms with Crippen LogP contribution in [0.1, 0.15) is 94.9 Å². The third-order valence-corrected chi connectivity index (χ3v) is 8.80. The predicted octanol–water partition coefficient (Wildman–Crippen LogP) is 6.50. The summed E-state index contributed by atoms with van der Waals surface area (Å²) in [4.78, 5) is 57.7. The summed E-state index contributed by atoms with van der Waals surface area (Å²) in [6.45, 7) is 21.6. The van der Waals surface area contributed by atoms with Crippen molar-refractivity contribution >= 4 is 35.1 Å². The topological polar surface area (TPSA) is 115 Å². The van der Waals surface area contributed by atoms with Gasteiger partial charge in [0, 0.05) is 57.6 Å². The van der Waals surface area contributed by atoms with Crippen LogP contribution in [0.5, 0.6) is 5.75 Å². The highest BCUT2D eigenvalue weighted by Gasteiger charge is 2.44. The molecule has 276 valence electrons. The van der Waals surface area contributed by atoms with Gasteiger partial charge in [-0.2, -0.15) is 0 Å². The molecule has 11 nitrogen and oxygen atoms in total. The molecule has 1 aromatic carbocycles. The van der Waals surface area contributed by atoms with Gasteiger partial charge in [0.2, 0.25) is 5.91 Å². The number of ketones is 1. The molecule has 0 spiro atoms. The maximum absolute atomic E-state index is 14.1. The highest BCUT2D eigenvalue weighted by Crippen LogP contribution is 2.43. The highest BCUT2D eigenvalue weighted by atomic mass is 16.6. The molecule has 2 heterocycles. The first-order valence-corrected chi connectivity index (χ1v) is 17.9. The third-order valence-electron chi connectivity index (χ3n) is 8.80. The van der Waals surface area contributed by atoms with Crippen LogP contribution in [0.3, 0.4) is 0 Å². The van der Waals surface area contributed by atoms with E-state index in [2.05, 4.69) is 20.8 Å². The summed E-state index contributed by atoms with van der Waals surface area (Å²) < 4.78 is 22.1. The Labute approximate surface area is 293 Å². The van der Waals surface area contributed by atoms with Crippen molar-refractivity contribution in [3.05, 3.63) is 18.2 Å². The average molecular weight is 688 g/mol. The van der Waals surface area contributed by atoms with Crippen LogP contribution in [-0.2, 0) is 28.6 Å². The smallest absolute Gasteiger partial charge is 0.410 e. The van der Waals surface area contributed by atoms with Gasteiger partial charge in [-0.15, -0.1) is 0 Å².